The van der Waals surface area contributed by atoms with Gasteiger partial charge in [-0.2, -0.15) is 0 Å². The number of allylic oxidation sites excluding steroid dienone is 10. The first kappa shape index (κ1) is 56.1. The van der Waals surface area contributed by atoms with Crippen LogP contribution in [-0.2, 0) is 19.1 Å². The molecule has 0 heterocycles. The van der Waals surface area contributed by atoms with Crippen molar-refractivity contribution in [3.63, 3.8) is 0 Å². The average Bonchev–Trinajstić information content (AvgIpc) is 3.22. The zero-order valence-electron chi connectivity index (χ0n) is 38.3. The summed E-state index contributed by atoms with van der Waals surface area (Å²) in [5.74, 6) is -1.26. The fraction of sp³-hybridized carbons (Fsp3) is 0.750. The van der Waals surface area contributed by atoms with Gasteiger partial charge in [-0.25, -0.2) is 4.79 Å². The highest BCUT2D eigenvalue weighted by Crippen LogP contribution is 2.19. The van der Waals surface area contributed by atoms with Gasteiger partial charge in [0.25, 0.3) is 0 Å². The number of rotatable bonds is 44. The number of carbonyl (C=O) groups is 3. The molecular formula is C52H92N2O5. The molecule has 2 atom stereocenters. The number of aliphatic carboxylic acids is 1. The molecule has 1 amide bonds. The van der Waals surface area contributed by atoms with Crippen molar-refractivity contribution in [1.29, 1.82) is 0 Å². The van der Waals surface area contributed by atoms with Crippen molar-refractivity contribution in [2.24, 2.45) is 5.73 Å². The number of esters is 1. The Balaban J connectivity index is 4.38. The standard InChI is InChI=1S/C52H92N2O5/c1-3-5-7-9-11-13-15-17-19-20-21-22-23-25-27-29-31-36-40-46-51(56)59-48(42-37-33-30-28-26-24-18-16-14-12-10-8-6-4-2)43-38-34-32-35-39-45-50(55)54-49(52(57)58)44-41-47-53/h5,7,11,13,17,19,21-22,25,27,48-49H,3-4,6,8-10,12,14-16,18,20,23-24,26,28-47,53H2,1-2H3,(H,54,55)(H,57,58)/b7-5-,13-11-,19-17-,22-21-,27-25-. The van der Waals surface area contributed by atoms with Crippen LogP contribution in [0.25, 0.3) is 0 Å². The van der Waals surface area contributed by atoms with Crippen LogP contribution in [0.3, 0.4) is 0 Å². The summed E-state index contributed by atoms with van der Waals surface area (Å²) in [6.45, 7) is 4.84. The lowest BCUT2D eigenvalue weighted by molar-refractivity contribution is -0.150. The largest absolute Gasteiger partial charge is 0.480 e. The Morgan fingerprint density at radius 1 is 0.508 bits per heavy atom. The van der Waals surface area contributed by atoms with E-state index in [1.807, 2.05) is 0 Å². The van der Waals surface area contributed by atoms with Crippen LogP contribution in [0.2, 0.25) is 0 Å². The number of hydrogen-bond donors (Lipinski definition) is 3. The van der Waals surface area contributed by atoms with Crippen molar-refractivity contribution in [3.05, 3.63) is 60.8 Å². The molecule has 0 aromatic rings. The van der Waals surface area contributed by atoms with E-state index >= 15 is 0 Å². The molecule has 0 aliphatic heterocycles. The molecule has 7 nitrogen and oxygen atoms in total. The predicted molar refractivity (Wildman–Crippen MR) is 253 cm³/mol. The van der Waals surface area contributed by atoms with E-state index in [-0.39, 0.29) is 18.0 Å². The van der Waals surface area contributed by atoms with Crippen molar-refractivity contribution in [2.75, 3.05) is 6.54 Å². The molecular weight excluding hydrogens is 733 g/mol. The fourth-order valence-corrected chi connectivity index (χ4v) is 7.18. The van der Waals surface area contributed by atoms with E-state index in [1.54, 1.807) is 0 Å². The van der Waals surface area contributed by atoms with Gasteiger partial charge in [0.1, 0.15) is 12.1 Å². The Kier molecular flexibility index (Phi) is 43.9. The molecule has 0 saturated heterocycles. The molecule has 0 aliphatic carbocycles. The number of ether oxygens (including phenoxy) is 1. The minimum atomic E-state index is -1.01. The second kappa shape index (κ2) is 46.1. The quantitative estimate of drug-likeness (QED) is 0.0320. The molecule has 0 saturated carbocycles. The number of carboxylic acid groups (broad SMARTS) is 1. The zero-order chi connectivity index (χ0) is 43.1. The second-order valence-electron chi connectivity index (χ2n) is 16.5. The Labute approximate surface area is 363 Å². The average molecular weight is 825 g/mol. The highest BCUT2D eigenvalue weighted by molar-refractivity contribution is 5.83. The van der Waals surface area contributed by atoms with Crippen LogP contribution in [-0.4, -0.2) is 41.6 Å². The van der Waals surface area contributed by atoms with Crippen LogP contribution in [0, 0.1) is 0 Å². The van der Waals surface area contributed by atoms with Crippen molar-refractivity contribution in [3.8, 4) is 0 Å². The van der Waals surface area contributed by atoms with Gasteiger partial charge in [0.2, 0.25) is 5.91 Å². The van der Waals surface area contributed by atoms with Gasteiger partial charge in [0.05, 0.1) is 0 Å². The minimum Gasteiger partial charge on any atom is -0.480 e. The van der Waals surface area contributed by atoms with Crippen LogP contribution < -0.4 is 11.1 Å². The number of carboxylic acids is 1. The topological polar surface area (TPSA) is 119 Å². The van der Waals surface area contributed by atoms with Crippen molar-refractivity contribution in [1.82, 2.24) is 5.32 Å². The lowest BCUT2D eigenvalue weighted by atomic mass is 10.0. The van der Waals surface area contributed by atoms with E-state index in [4.69, 9.17) is 10.5 Å². The summed E-state index contributed by atoms with van der Waals surface area (Å²) in [7, 11) is 0. The van der Waals surface area contributed by atoms with Gasteiger partial charge in [0, 0.05) is 12.8 Å². The van der Waals surface area contributed by atoms with Crippen LogP contribution in [0.1, 0.15) is 232 Å². The van der Waals surface area contributed by atoms with Gasteiger partial charge in [-0.05, 0) is 103 Å². The normalized spacial score (nSPS) is 13.1. The molecule has 2 unspecified atom stereocenters. The maximum absolute atomic E-state index is 12.9. The van der Waals surface area contributed by atoms with Crippen molar-refractivity contribution < 1.29 is 24.2 Å². The number of nitrogens with one attached hydrogen (secondary N) is 1. The van der Waals surface area contributed by atoms with E-state index in [0.717, 1.165) is 109 Å². The second-order valence-corrected chi connectivity index (χ2v) is 16.5. The summed E-state index contributed by atoms with van der Waals surface area (Å²) < 4.78 is 6.06. The van der Waals surface area contributed by atoms with Crippen LogP contribution in [0.5, 0.6) is 0 Å². The fourth-order valence-electron chi connectivity index (χ4n) is 7.18. The Hall–Kier alpha value is -2.93. The number of hydrogen-bond acceptors (Lipinski definition) is 5. The SMILES string of the molecule is CC/C=C\C/C=C\C/C=C\C/C=C\C/C=C\CCCCCC(=O)OC(CCCCCCCCCCCCCCCC)CCCCCCCC(=O)NC(CCCN)C(=O)O. The van der Waals surface area contributed by atoms with Crippen LogP contribution in [0.4, 0.5) is 0 Å². The van der Waals surface area contributed by atoms with Crippen molar-refractivity contribution in [2.45, 2.75) is 244 Å². The van der Waals surface area contributed by atoms with Gasteiger partial charge in [-0.15, -0.1) is 0 Å². The van der Waals surface area contributed by atoms with Gasteiger partial charge < -0.3 is 20.9 Å². The highest BCUT2D eigenvalue weighted by Gasteiger charge is 2.19. The molecule has 0 rings (SSSR count). The first-order chi connectivity index (χ1) is 28.9. The van der Waals surface area contributed by atoms with Crippen LogP contribution in [0.15, 0.2) is 60.8 Å². The zero-order valence-corrected chi connectivity index (χ0v) is 38.3. The first-order valence-corrected chi connectivity index (χ1v) is 24.6. The summed E-state index contributed by atoms with van der Waals surface area (Å²) in [5, 5.41) is 12.0. The molecule has 0 aromatic heterocycles. The van der Waals surface area contributed by atoms with Crippen molar-refractivity contribution >= 4 is 17.8 Å². The number of nitrogens with two attached hydrogens (primary N) is 1. The third-order valence-corrected chi connectivity index (χ3v) is 10.8. The smallest absolute Gasteiger partial charge is 0.326 e. The molecule has 0 spiro atoms. The Morgan fingerprint density at radius 3 is 1.41 bits per heavy atom. The molecule has 4 N–H and O–H groups in total. The summed E-state index contributed by atoms with van der Waals surface area (Å²) in [5.41, 5.74) is 5.50. The molecule has 0 aromatic carbocycles. The third kappa shape index (κ3) is 43.0. The molecule has 0 radical (unpaired) electrons. The number of amides is 1. The summed E-state index contributed by atoms with van der Waals surface area (Å²) in [6.07, 6.45) is 58.4. The molecule has 340 valence electrons. The lowest BCUT2D eigenvalue weighted by Crippen LogP contribution is -2.40. The molecule has 0 bridgehead atoms. The van der Waals surface area contributed by atoms with E-state index in [1.165, 1.54) is 83.5 Å². The van der Waals surface area contributed by atoms with E-state index in [2.05, 4.69) is 79.9 Å². The Bertz CT molecular complexity index is 1110. The van der Waals surface area contributed by atoms with E-state index in [0.29, 0.717) is 32.2 Å². The van der Waals surface area contributed by atoms with E-state index < -0.39 is 12.0 Å². The summed E-state index contributed by atoms with van der Waals surface area (Å²) in [6, 6.07) is -0.861. The first-order valence-electron chi connectivity index (χ1n) is 24.6. The van der Waals surface area contributed by atoms with Gasteiger partial charge in [-0.1, -0.05) is 184 Å². The van der Waals surface area contributed by atoms with Gasteiger partial charge >= 0.3 is 11.9 Å². The highest BCUT2D eigenvalue weighted by atomic mass is 16.5. The Morgan fingerprint density at radius 2 is 0.932 bits per heavy atom. The van der Waals surface area contributed by atoms with Gasteiger partial charge in [0.15, 0.2) is 0 Å². The van der Waals surface area contributed by atoms with Gasteiger partial charge in [-0.3, -0.25) is 9.59 Å². The molecule has 0 fully saturated rings. The number of carbonyl (C=O) groups excluding carboxylic acids is 2. The molecule has 7 heteroatoms. The maximum Gasteiger partial charge on any atom is 0.326 e. The van der Waals surface area contributed by atoms with Crippen LogP contribution >= 0.6 is 0 Å². The summed E-state index contributed by atoms with van der Waals surface area (Å²) >= 11 is 0. The monoisotopic (exact) mass is 825 g/mol. The lowest BCUT2D eigenvalue weighted by Gasteiger charge is -2.18. The molecule has 59 heavy (non-hydrogen) atoms. The summed E-state index contributed by atoms with van der Waals surface area (Å²) in [4.78, 5) is 36.5. The minimum absolute atomic E-state index is 0.00614. The predicted octanol–water partition coefficient (Wildman–Crippen LogP) is 14.5. The number of unbranched alkanes of at least 4 members (excludes halogenated alkanes) is 20. The third-order valence-electron chi connectivity index (χ3n) is 10.8. The maximum atomic E-state index is 12.9. The molecule has 0 aliphatic rings. The van der Waals surface area contributed by atoms with E-state index in [9.17, 15) is 19.5 Å².